The number of hydrogen-bond donors (Lipinski definition) is 1. The monoisotopic (exact) mass is 397 g/mol. The van der Waals surface area contributed by atoms with E-state index in [-0.39, 0.29) is 22.6 Å². The maximum atomic E-state index is 11.5. The van der Waals surface area contributed by atoms with E-state index in [1.165, 1.54) is 24.1 Å². The van der Waals surface area contributed by atoms with Crippen LogP contribution in [0.1, 0.15) is 49.1 Å². The number of benzene rings is 2. The van der Waals surface area contributed by atoms with Gasteiger partial charge < -0.3 is 10.1 Å². The van der Waals surface area contributed by atoms with E-state index in [4.69, 9.17) is 4.74 Å². The summed E-state index contributed by atoms with van der Waals surface area (Å²) in [6, 6.07) is 11.4. The summed E-state index contributed by atoms with van der Waals surface area (Å²) in [5, 5.41) is 14.4. The Balaban J connectivity index is 1.73. The molecule has 154 valence electrons. The second kappa shape index (κ2) is 9.05. The van der Waals surface area contributed by atoms with Gasteiger partial charge in [-0.05, 0) is 49.1 Å². The Bertz CT molecular complexity index is 913. The Kier molecular flexibility index (Phi) is 6.49. The summed E-state index contributed by atoms with van der Waals surface area (Å²) in [7, 11) is 0. The average molecular weight is 397 g/mol. The lowest BCUT2D eigenvalue weighted by Crippen LogP contribution is -2.30. The maximum Gasteiger partial charge on any atom is 0.277 e. The third kappa shape index (κ3) is 5.12. The molecule has 0 bridgehead atoms. The molecule has 1 heterocycles. The number of nitrogens with one attached hydrogen (secondary N) is 1. The highest BCUT2D eigenvalue weighted by Gasteiger charge is 2.22. The van der Waals surface area contributed by atoms with Crippen LogP contribution in [-0.4, -0.2) is 28.9 Å². The third-order valence-corrected chi connectivity index (χ3v) is 5.20. The van der Waals surface area contributed by atoms with E-state index in [1.807, 2.05) is 19.9 Å². The van der Waals surface area contributed by atoms with Gasteiger partial charge in [-0.3, -0.25) is 19.8 Å². The van der Waals surface area contributed by atoms with Gasteiger partial charge in [-0.1, -0.05) is 18.2 Å². The van der Waals surface area contributed by atoms with Crippen molar-refractivity contribution in [2.45, 2.75) is 46.3 Å². The fourth-order valence-corrected chi connectivity index (χ4v) is 3.77. The molecule has 0 spiro atoms. The van der Waals surface area contributed by atoms with Crippen molar-refractivity contribution in [3.05, 3.63) is 68.8 Å². The van der Waals surface area contributed by atoms with Gasteiger partial charge in [0.2, 0.25) is 5.91 Å². The second-order valence-corrected chi connectivity index (χ2v) is 7.39. The lowest BCUT2D eigenvalue weighted by molar-refractivity contribution is -0.385. The van der Waals surface area contributed by atoms with Crippen molar-refractivity contribution in [2.75, 3.05) is 13.2 Å². The average Bonchev–Trinajstić information content (AvgIpc) is 2.68. The summed E-state index contributed by atoms with van der Waals surface area (Å²) in [5.41, 5.74) is 4.38. The van der Waals surface area contributed by atoms with Crippen LogP contribution in [0.2, 0.25) is 0 Å². The molecule has 0 fully saturated rings. The number of amides is 1. The number of carbonyl (C=O) groups is 1. The SMILES string of the molecule is CCOc1ccc(CN2CCc3cc(C(C)NC(C)=O)ccc3C2)c([N+](=O)[O-])c1. The van der Waals surface area contributed by atoms with Crippen molar-refractivity contribution in [1.82, 2.24) is 10.2 Å². The topological polar surface area (TPSA) is 84.7 Å². The summed E-state index contributed by atoms with van der Waals surface area (Å²) in [4.78, 5) is 24.7. The second-order valence-electron chi connectivity index (χ2n) is 7.39. The molecule has 0 aromatic heterocycles. The van der Waals surface area contributed by atoms with Crippen molar-refractivity contribution in [1.29, 1.82) is 0 Å². The number of nitro benzene ring substituents is 1. The highest BCUT2D eigenvalue weighted by Crippen LogP contribution is 2.29. The van der Waals surface area contributed by atoms with Gasteiger partial charge in [0, 0.05) is 32.1 Å². The minimum Gasteiger partial charge on any atom is -0.494 e. The van der Waals surface area contributed by atoms with E-state index >= 15 is 0 Å². The molecule has 29 heavy (non-hydrogen) atoms. The fraction of sp³-hybridized carbons (Fsp3) is 0.409. The van der Waals surface area contributed by atoms with Crippen LogP contribution in [0.5, 0.6) is 5.75 Å². The Morgan fingerprint density at radius 2 is 2.07 bits per heavy atom. The number of nitrogens with zero attached hydrogens (tertiary/aromatic N) is 2. The molecule has 0 saturated carbocycles. The summed E-state index contributed by atoms with van der Waals surface area (Å²) >= 11 is 0. The zero-order chi connectivity index (χ0) is 21.0. The maximum absolute atomic E-state index is 11.5. The van der Waals surface area contributed by atoms with Crippen LogP contribution < -0.4 is 10.1 Å². The van der Waals surface area contributed by atoms with Gasteiger partial charge in [-0.15, -0.1) is 0 Å². The molecule has 1 aliphatic rings. The van der Waals surface area contributed by atoms with Crippen molar-refractivity contribution in [3.63, 3.8) is 0 Å². The van der Waals surface area contributed by atoms with Crippen LogP contribution in [0.25, 0.3) is 0 Å². The number of rotatable bonds is 7. The molecule has 0 radical (unpaired) electrons. The predicted octanol–water partition coefficient (Wildman–Crippen LogP) is 3.75. The van der Waals surface area contributed by atoms with Gasteiger partial charge in [0.05, 0.1) is 23.6 Å². The Hall–Kier alpha value is -2.93. The molecule has 0 aliphatic carbocycles. The molecule has 2 aromatic rings. The molecular formula is C22H27N3O4. The smallest absolute Gasteiger partial charge is 0.277 e. The molecule has 2 aromatic carbocycles. The molecular weight excluding hydrogens is 370 g/mol. The van der Waals surface area contributed by atoms with Gasteiger partial charge in [-0.2, -0.15) is 0 Å². The summed E-state index contributed by atoms with van der Waals surface area (Å²) < 4.78 is 5.40. The van der Waals surface area contributed by atoms with Crippen molar-refractivity contribution < 1.29 is 14.5 Å². The fourth-order valence-electron chi connectivity index (χ4n) is 3.77. The first-order valence-corrected chi connectivity index (χ1v) is 9.88. The number of hydrogen-bond acceptors (Lipinski definition) is 5. The molecule has 1 atom stereocenters. The van der Waals surface area contributed by atoms with Crippen LogP contribution >= 0.6 is 0 Å². The molecule has 0 saturated heterocycles. The van der Waals surface area contributed by atoms with Gasteiger partial charge in [0.25, 0.3) is 5.69 Å². The Morgan fingerprint density at radius 3 is 2.76 bits per heavy atom. The minimum absolute atomic E-state index is 0.0256. The molecule has 7 nitrogen and oxygen atoms in total. The van der Waals surface area contributed by atoms with Crippen molar-refractivity contribution >= 4 is 11.6 Å². The van der Waals surface area contributed by atoms with Gasteiger partial charge in [-0.25, -0.2) is 0 Å². The van der Waals surface area contributed by atoms with Crippen LogP contribution in [0.15, 0.2) is 36.4 Å². The van der Waals surface area contributed by atoms with E-state index in [1.54, 1.807) is 12.1 Å². The normalized spacial score (nSPS) is 14.7. The van der Waals surface area contributed by atoms with Crippen molar-refractivity contribution in [2.24, 2.45) is 0 Å². The van der Waals surface area contributed by atoms with E-state index < -0.39 is 0 Å². The van der Waals surface area contributed by atoms with E-state index in [0.717, 1.165) is 25.1 Å². The largest absolute Gasteiger partial charge is 0.494 e. The van der Waals surface area contributed by atoms with E-state index in [9.17, 15) is 14.9 Å². The van der Waals surface area contributed by atoms with Gasteiger partial charge in [0.15, 0.2) is 0 Å². The summed E-state index contributed by atoms with van der Waals surface area (Å²) in [5.74, 6) is 0.478. The molecule has 3 rings (SSSR count). The lowest BCUT2D eigenvalue weighted by Gasteiger charge is -2.29. The zero-order valence-electron chi connectivity index (χ0n) is 17.1. The summed E-state index contributed by atoms with van der Waals surface area (Å²) in [6.07, 6.45) is 0.876. The van der Waals surface area contributed by atoms with Gasteiger partial charge >= 0.3 is 0 Å². The molecule has 1 unspecified atom stereocenters. The predicted molar refractivity (Wildman–Crippen MR) is 111 cm³/mol. The van der Waals surface area contributed by atoms with E-state index in [0.29, 0.717) is 24.5 Å². The number of carbonyl (C=O) groups excluding carboxylic acids is 1. The first-order valence-electron chi connectivity index (χ1n) is 9.88. The Morgan fingerprint density at radius 1 is 1.28 bits per heavy atom. The van der Waals surface area contributed by atoms with E-state index in [2.05, 4.69) is 22.3 Å². The quantitative estimate of drug-likeness (QED) is 0.568. The molecule has 1 aliphatic heterocycles. The number of fused-ring (bicyclic) bond motifs is 1. The minimum atomic E-state index is -0.342. The highest BCUT2D eigenvalue weighted by atomic mass is 16.6. The third-order valence-electron chi connectivity index (χ3n) is 5.20. The molecule has 7 heteroatoms. The highest BCUT2D eigenvalue weighted by molar-refractivity contribution is 5.73. The van der Waals surface area contributed by atoms with Crippen LogP contribution in [0.4, 0.5) is 5.69 Å². The van der Waals surface area contributed by atoms with Crippen molar-refractivity contribution in [3.8, 4) is 5.75 Å². The van der Waals surface area contributed by atoms with Gasteiger partial charge in [0.1, 0.15) is 5.75 Å². The first-order chi connectivity index (χ1) is 13.9. The Labute approximate surface area is 170 Å². The lowest BCUT2D eigenvalue weighted by atomic mass is 9.94. The van der Waals surface area contributed by atoms with Crippen LogP contribution in [-0.2, 0) is 24.3 Å². The standard InChI is InChI=1S/C22H27N3O4/c1-4-29-21-8-7-20(22(12-21)25(27)28)14-24-10-9-18-11-17(5-6-19(18)13-24)15(2)23-16(3)26/h5-8,11-12,15H,4,9-10,13-14H2,1-3H3,(H,23,26). The van der Waals surface area contributed by atoms with Crippen LogP contribution in [0, 0.1) is 10.1 Å². The first kappa shape index (κ1) is 20.8. The zero-order valence-corrected chi connectivity index (χ0v) is 17.1. The van der Waals surface area contributed by atoms with Crippen LogP contribution in [0.3, 0.4) is 0 Å². The summed E-state index contributed by atoms with van der Waals surface area (Å²) in [6.45, 7) is 7.92. The number of nitro groups is 1. The molecule has 1 amide bonds. The number of ether oxygens (including phenoxy) is 1. The molecule has 1 N–H and O–H groups in total.